The second-order valence-corrected chi connectivity index (χ2v) is 6.43. The molecule has 0 radical (unpaired) electrons. The molecule has 0 saturated carbocycles. The number of hydrogen-bond acceptors (Lipinski definition) is 2. The molecule has 0 aromatic heterocycles. The molecule has 2 N–H and O–H groups in total. The molecule has 3 amide bonds. The number of benzene rings is 1. The van der Waals surface area contributed by atoms with Crippen LogP contribution in [0.4, 0.5) is 10.5 Å². The lowest BCUT2D eigenvalue weighted by Crippen LogP contribution is -2.50. The summed E-state index contributed by atoms with van der Waals surface area (Å²) in [6.45, 7) is 5.51. The molecule has 2 atom stereocenters. The minimum Gasteiger partial charge on any atom is -0.354 e. The van der Waals surface area contributed by atoms with Crippen molar-refractivity contribution in [1.82, 2.24) is 10.2 Å². The van der Waals surface area contributed by atoms with Gasteiger partial charge in [-0.1, -0.05) is 32.0 Å². The third-order valence-corrected chi connectivity index (χ3v) is 4.69. The molecule has 2 heterocycles. The van der Waals surface area contributed by atoms with Crippen LogP contribution in [0, 0.1) is 5.92 Å². The van der Waals surface area contributed by atoms with Crippen molar-refractivity contribution < 1.29 is 9.59 Å². The van der Waals surface area contributed by atoms with Gasteiger partial charge in [0.15, 0.2) is 0 Å². The Morgan fingerprint density at radius 3 is 2.91 bits per heavy atom. The molecule has 0 spiro atoms. The summed E-state index contributed by atoms with van der Waals surface area (Å²) in [5, 5.41) is 5.92. The predicted molar refractivity (Wildman–Crippen MR) is 85.8 cm³/mol. The number of nitrogens with one attached hydrogen (secondary N) is 2. The largest absolute Gasteiger partial charge is 0.354 e. The first-order valence-corrected chi connectivity index (χ1v) is 8.02. The van der Waals surface area contributed by atoms with E-state index in [-0.39, 0.29) is 23.9 Å². The standard InChI is InChI=1S/C17H23N3O2/c1-11(2)12-6-3-4-8-14(12)19-17(22)20-9-5-7-13-15(20)10-18-16(13)21/h3-4,6,8,11,13,15H,5,7,9-10H2,1-2H3,(H,18,21)(H,19,22)/t13-,15-/m1/s1. The van der Waals surface area contributed by atoms with Gasteiger partial charge in [0.2, 0.25) is 5.91 Å². The molecule has 2 fully saturated rings. The van der Waals surface area contributed by atoms with Crippen molar-refractivity contribution in [2.45, 2.75) is 38.6 Å². The van der Waals surface area contributed by atoms with E-state index in [0.717, 1.165) is 24.1 Å². The quantitative estimate of drug-likeness (QED) is 0.882. The van der Waals surface area contributed by atoms with E-state index in [1.807, 2.05) is 29.2 Å². The Hall–Kier alpha value is -2.04. The molecule has 0 aliphatic carbocycles. The Kier molecular flexibility index (Phi) is 4.05. The maximum absolute atomic E-state index is 12.7. The number of amides is 3. The van der Waals surface area contributed by atoms with E-state index in [0.29, 0.717) is 19.0 Å². The van der Waals surface area contributed by atoms with Crippen LogP contribution in [0.2, 0.25) is 0 Å². The van der Waals surface area contributed by atoms with Crippen LogP contribution in [0.25, 0.3) is 0 Å². The van der Waals surface area contributed by atoms with Crippen molar-refractivity contribution >= 4 is 17.6 Å². The number of fused-ring (bicyclic) bond motifs is 1. The number of anilines is 1. The van der Waals surface area contributed by atoms with Crippen molar-refractivity contribution in [3.05, 3.63) is 29.8 Å². The van der Waals surface area contributed by atoms with Crippen molar-refractivity contribution in [1.29, 1.82) is 0 Å². The molecule has 2 aliphatic rings. The van der Waals surface area contributed by atoms with Gasteiger partial charge in [-0.25, -0.2) is 4.79 Å². The van der Waals surface area contributed by atoms with Gasteiger partial charge in [-0.3, -0.25) is 4.79 Å². The van der Waals surface area contributed by atoms with Gasteiger partial charge in [0.1, 0.15) is 0 Å². The molecule has 2 saturated heterocycles. The highest BCUT2D eigenvalue weighted by Crippen LogP contribution is 2.29. The zero-order valence-corrected chi connectivity index (χ0v) is 13.1. The van der Waals surface area contributed by atoms with Crippen molar-refractivity contribution in [3.8, 4) is 0 Å². The lowest BCUT2D eigenvalue weighted by Gasteiger charge is -2.36. The van der Waals surface area contributed by atoms with E-state index < -0.39 is 0 Å². The number of para-hydroxylation sites is 1. The number of hydrogen-bond donors (Lipinski definition) is 2. The Morgan fingerprint density at radius 2 is 2.14 bits per heavy atom. The second kappa shape index (κ2) is 5.99. The normalized spacial score (nSPS) is 24.1. The number of nitrogens with zero attached hydrogens (tertiary/aromatic N) is 1. The summed E-state index contributed by atoms with van der Waals surface area (Å²) in [5.41, 5.74) is 1.99. The predicted octanol–water partition coefficient (Wildman–Crippen LogP) is 2.55. The number of carbonyl (C=O) groups excluding carboxylic acids is 2. The highest BCUT2D eigenvalue weighted by molar-refractivity contribution is 5.92. The Balaban J connectivity index is 1.76. The molecular formula is C17H23N3O2. The first-order chi connectivity index (χ1) is 10.6. The molecule has 0 unspecified atom stereocenters. The van der Waals surface area contributed by atoms with Gasteiger partial charge in [-0.2, -0.15) is 0 Å². The number of carbonyl (C=O) groups is 2. The Morgan fingerprint density at radius 1 is 1.36 bits per heavy atom. The SMILES string of the molecule is CC(C)c1ccccc1NC(=O)N1CCC[C@H]2C(=O)NC[C@H]21. The van der Waals surface area contributed by atoms with E-state index in [2.05, 4.69) is 24.5 Å². The molecule has 3 rings (SSSR count). The van der Waals surface area contributed by atoms with Crippen molar-refractivity contribution in [3.63, 3.8) is 0 Å². The van der Waals surface area contributed by atoms with Gasteiger partial charge >= 0.3 is 6.03 Å². The summed E-state index contributed by atoms with van der Waals surface area (Å²) in [4.78, 5) is 26.3. The molecule has 0 bridgehead atoms. The van der Waals surface area contributed by atoms with Gasteiger partial charge in [-0.15, -0.1) is 0 Å². The average Bonchev–Trinajstić information content (AvgIpc) is 2.89. The van der Waals surface area contributed by atoms with Crippen LogP contribution >= 0.6 is 0 Å². The van der Waals surface area contributed by atoms with Crippen LogP contribution in [-0.2, 0) is 4.79 Å². The van der Waals surface area contributed by atoms with E-state index in [4.69, 9.17) is 0 Å². The number of likely N-dealkylation sites (tertiary alicyclic amines) is 1. The third kappa shape index (κ3) is 2.67. The maximum atomic E-state index is 12.7. The maximum Gasteiger partial charge on any atom is 0.322 e. The summed E-state index contributed by atoms with van der Waals surface area (Å²) in [7, 11) is 0. The summed E-state index contributed by atoms with van der Waals surface area (Å²) in [6, 6.07) is 7.79. The highest BCUT2D eigenvalue weighted by atomic mass is 16.2. The second-order valence-electron chi connectivity index (χ2n) is 6.43. The third-order valence-electron chi connectivity index (χ3n) is 4.69. The van der Waals surface area contributed by atoms with Crippen molar-refractivity contribution in [2.24, 2.45) is 5.92 Å². The summed E-state index contributed by atoms with van der Waals surface area (Å²) >= 11 is 0. The van der Waals surface area contributed by atoms with Gasteiger partial charge in [0.25, 0.3) is 0 Å². The Labute approximate surface area is 131 Å². The fourth-order valence-corrected chi connectivity index (χ4v) is 3.50. The average molecular weight is 301 g/mol. The smallest absolute Gasteiger partial charge is 0.322 e. The van der Waals surface area contributed by atoms with E-state index in [1.54, 1.807) is 0 Å². The highest BCUT2D eigenvalue weighted by Gasteiger charge is 2.42. The minimum atomic E-state index is -0.0979. The van der Waals surface area contributed by atoms with Crippen LogP contribution in [0.3, 0.4) is 0 Å². The molecule has 22 heavy (non-hydrogen) atoms. The van der Waals surface area contributed by atoms with Gasteiger partial charge < -0.3 is 15.5 Å². The molecule has 1 aromatic rings. The van der Waals surface area contributed by atoms with Crippen LogP contribution in [0.5, 0.6) is 0 Å². The van der Waals surface area contributed by atoms with Gasteiger partial charge in [-0.05, 0) is 30.4 Å². The van der Waals surface area contributed by atoms with Crippen LogP contribution in [0.1, 0.15) is 38.2 Å². The number of urea groups is 1. The fourth-order valence-electron chi connectivity index (χ4n) is 3.50. The molecule has 5 nitrogen and oxygen atoms in total. The summed E-state index contributed by atoms with van der Waals surface area (Å²) < 4.78 is 0. The molecule has 2 aliphatic heterocycles. The van der Waals surface area contributed by atoms with E-state index >= 15 is 0 Å². The van der Waals surface area contributed by atoms with Crippen molar-refractivity contribution in [2.75, 3.05) is 18.4 Å². The monoisotopic (exact) mass is 301 g/mol. The molecule has 118 valence electrons. The topological polar surface area (TPSA) is 61.4 Å². The van der Waals surface area contributed by atoms with Crippen LogP contribution in [-0.4, -0.2) is 36.0 Å². The van der Waals surface area contributed by atoms with Crippen LogP contribution in [0.15, 0.2) is 24.3 Å². The van der Waals surface area contributed by atoms with E-state index in [9.17, 15) is 9.59 Å². The fraction of sp³-hybridized carbons (Fsp3) is 0.529. The lowest BCUT2D eigenvalue weighted by molar-refractivity contribution is -0.123. The first-order valence-electron chi connectivity index (χ1n) is 8.02. The number of rotatable bonds is 2. The van der Waals surface area contributed by atoms with Gasteiger partial charge in [0.05, 0.1) is 12.0 Å². The molecule has 1 aromatic carbocycles. The lowest BCUT2D eigenvalue weighted by atomic mass is 9.92. The molecular weight excluding hydrogens is 278 g/mol. The van der Waals surface area contributed by atoms with Crippen LogP contribution < -0.4 is 10.6 Å². The van der Waals surface area contributed by atoms with E-state index in [1.165, 1.54) is 0 Å². The molecule has 5 heteroatoms. The first kappa shape index (κ1) is 14.9. The van der Waals surface area contributed by atoms with Gasteiger partial charge in [0, 0.05) is 18.8 Å². The summed E-state index contributed by atoms with van der Waals surface area (Å²) in [5.74, 6) is 0.394. The zero-order valence-electron chi connectivity index (χ0n) is 13.1. The Bertz CT molecular complexity index is 585. The number of piperidine rings is 1. The minimum absolute atomic E-state index is 0.00698. The summed E-state index contributed by atoms with van der Waals surface area (Å²) in [6.07, 6.45) is 1.76. The zero-order chi connectivity index (χ0) is 15.7.